The van der Waals surface area contributed by atoms with E-state index in [9.17, 15) is 0 Å². The summed E-state index contributed by atoms with van der Waals surface area (Å²) in [6, 6.07) is 10.1. The molecular formula is C26H34N4O3. The van der Waals surface area contributed by atoms with Gasteiger partial charge < -0.3 is 19.3 Å². The summed E-state index contributed by atoms with van der Waals surface area (Å²) >= 11 is 0. The molecule has 0 unspecified atom stereocenters. The third kappa shape index (κ3) is 6.54. The Bertz CT molecular complexity index is 1010. The van der Waals surface area contributed by atoms with Gasteiger partial charge in [-0.25, -0.2) is 4.98 Å². The number of nitrogens with zero attached hydrogens (tertiary/aromatic N) is 3. The summed E-state index contributed by atoms with van der Waals surface area (Å²) in [5, 5.41) is 7.32. The van der Waals surface area contributed by atoms with E-state index in [0.29, 0.717) is 43.1 Å². The molecule has 4 rings (SSSR count). The average molecular weight is 451 g/mol. The molecule has 1 aliphatic carbocycles. The van der Waals surface area contributed by atoms with Crippen molar-refractivity contribution in [1.82, 2.24) is 20.4 Å². The molecular weight excluding hydrogens is 416 g/mol. The third-order valence-corrected chi connectivity index (χ3v) is 6.11. The first kappa shape index (κ1) is 23.2. The van der Waals surface area contributed by atoms with Crippen LogP contribution in [0.3, 0.4) is 0 Å². The van der Waals surface area contributed by atoms with Gasteiger partial charge in [0.2, 0.25) is 5.88 Å². The van der Waals surface area contributed by atoms with Gasteiger partial charge in [0.15, 0.2) is 5.82 Å². The van der Waals surface area contributed by atoms with Crippen molar-refractivity contribution in [3.05, 3.63) is 53.5 Å². The molecule has 0 aliphatic heterocycles. The van der Waals surface area contributed by atoms with Crippen molar-refractivity contribution in [3.8, 4) is 23.1 Å². The van der Waals surface area contributed by atoms with E-state index in [1.165, 1.54) is 31.2 Å². The molecule has 0 saturated heterocycles. The van der Waals surface area contributed by atoms with Gasteiger partial charge in [0.25, 0.3) is 5.89 Å². The molecule has 1 saturated carbocycles. The van der Waals surface area contributed by atoms with Crippen molar-refractivity contribution in [2.24, 2.45) is 5.92 Å². The van der Waals surface area contributed by atoms with Crippen LogP contribution in [0.15, 0.2) is 41.1 Å². The van der Waals surface area contributed by atoms with E-state index in [-0.39, 0.29) is 0 Å². The number of rotatable bonds is 12. The molecule has 1 aromatic carbocycles. The number of benzene rings is 1. The van der Waals surface area contributed by atoms with Crippen molar-refractivity contribution in [3.63, 3.8) is 0 Å². The second-order valence-electron chi connectivity index (χ2n) is 8.74. The Balaban J connectivity index is 1.33. The minimum atomic E-state index is 0.459. The van der Waals surface area contributed by atoms with E-state index in [0.717, 1.165) is 36.3 Å². The molecule has 2 heterocycles. The minimum Gasteiger partial charge on any atom is -0.493 e. The first-order valence-corrected chi connectivity index (χ1v) is 12.0. The van der Waals surface area contributed by atoms with Crippen LogP contribution in [0.2, 0.25) is 0 Å². The van der Waals surface area contributed by atoms with Crippen LogP contribution in [0.4, 0.5) is 0 Å². The molecule has 0 atom stereocenters. The van der Waals surface area contributed by atoms with Crippen molar-refractivity contribution < 1.29 is 14.0 Å². The highest BCUT2D eigenvalue weighted by Gasteiger charge is 2.19. The Labute approximate surface area is 195 Å². The Morgan fingerprint density at radius 3 is 2.82 bits per heavy atom. The summed E-state index contributed by atoms with van der Waals surface area (Å²) in [4.78, 5) is 9.01. The fraction of sp³-hybridized carbons (Fsp3) is 0.500. The fourth-order valence-corrected chi connectivity index (χ4v) is 4.22. The maximum Gasteiger partial charge on any atom is 0.263 e. The molecule has 176 valence electrons. The molecule has 1 N–H and O–H groups in total. The van der Waals surface area contributed by atoms with E-state index in [4.69, 9.17) is 14.0 Å². The second-order valence-corrected chi connectivity index (χ2v) is 8.74. The maximum absolute atomic E-state index is 6.03. The van der Waals surface area contributed by atoms with E-state index in [2.05, 4.69) is 45.6 Å². The topological polar surface area (TPSA) is 82.3 Å². The number of nitrogens with one attached hydrogen (secondary N) is 1. The third-order valence-electron chi connectivity index (χ3n) is 6.11. The van der Waals surface area contributed by atoms with Crippen molar-refractivity contribution >= 4 is 0 Å². The lowest BCUT2D eigenvalue weighted by Crippen LogP contribution is -2.11. The van der Waals surface area contributed by atoms with Crippen LogP contribution in [-0.4, -0.2) is 41.9 Å². The first-order valence-electron chi connectivity index (χ1n) is 12.0. The summed E-state index contributed by atoms with van der Waals surface area (Å²) in [5.41, 5.74) is 3.12. The minimum absolute atomic E-state index is 0.459. The number of pyridine rings is 1. The summed E-state index contributed by atoms with van der Waals surface area (Å²) in [5.74, 6) is 3.27. The standard InChI is InChI=1S/C26H34N4O3/c1-19-17-20(10-12-23(19)31-16-6-14-27-2)11-13-24-29-26(33-30-24)22-9-5-15-28-25(22)32-18-21-7-3-4-8-21/h5,9-10,12,15,17,21,27H,3-4,6-8,11,13-14,16,18H2,1-2H3. The summed E-state index contributed by atoms with van der Waals surface area (Å²) in [7, 11) is 1.95. The molecule has 1 aliphatic rings. The highest BCUT2D eigenvalue weighted by molar-refractivity contribution is 5.59. The van der Waals surface area contributed by atoms with Gasteiger partial charge in [0.1, 0.15) is 11.3 Å². The number of aromatic nitrogens is 3. The van der Waals surface area contributed by atoms with Crippen LogP contribution in [0, 0.1) is 12.8 Å². The van der Waals surface area contributed by atoms with Gasteiger partial charge in [-0.15, -0.1) is 0 Å². The Kier molecular flexibility index (Phi) is 8.30. The van der Waals surface area contributed by atoms with E-state index < -0.39 is 0 Å². The molecule has 7 nitrogen and oxygen atoms in total. The predicted molar refractivity (Wildman–Crippen MR) is 128 cm³/mol. The number of hydrogen-bond acceptors (Lipinski definition) is 7. The molecule has 0 radical (unpaired) electrons. The monoisotopic (exact) mass is 450 g/mol. The highest BCUT2D eigenvalue weighted by Crippen LogP contribution is 2.30. The zero-order valence-electron chi connectivity index (χ0n) is 19.7. The van der Waals surface area contributed by atoms with Crippen molar-refractivity contribution in [2.45, 2.75) is 51.9 Å². The number of aryl methyl sites for hydroxylation is 3. The molecule has 33 heavy (non-hydrogen) atoms. The van der Waals surface area contributed by atoms with Gasteiger partial charge in [0.05, 0.1) is 13.2 Å². The van der Waals surface area contributed by atoms with Crippen LogP contribution in [0.25, 0.3) is 11.5 Å². The SMILES string of the molecule is CNCCCOc1ccc(CCc2noc(-c3cccnc3OCC3CCCC3)n2)cc1C. The molecule has 0 amide bonds. The van der Waals surface area contributed by atoms with Crippen molar-refractivity contribution in [1.29, 1.82) is 0 Å². The quantitative estimate of drug-likeness (QED) is 0.398. The molecule has 0 spiro atoms. The zero-order valence-corrected chi connectivity index (χ0v) is 19.7. The Morgan fingerprint density at radius 2 is 2.00 bits per heavy atom. The average Bonchev–Trinajstić information content (AvgIpc) is 3.53. The van der Waals surface area contributed by atoms with E-state index >= 15 is 0 Å². The number of hydrogen-bond donors (Lipinski definition) is 1. The van der Waals surface area contributed by atoms with Crippen LogP contribution in [0.5, 0.6) is 11.6 Å². The van der Waals surface area contributed by atoms with Gasteiger partial charge in [-0.3, -0.25) is 0 Å². The van der Waals surface area contributed by atoms with Crippen LogP contribution < -0.4 is 14.8 Å². The molecule has 7 heteroatoms. The van der Waals surface area contributed by atoms with E-state index in [1.807, 2.05) is 19.2 Å². The summed E-state index contributed by atoms with van der Waals surface area (Å²) < 4.78 is 17.5. The molecule has 1 fully saturated rings. The summed E-state index contributed by atoms with van der Waals surface area (Å²) in [6.45, 7) is 4.45. The van der Waals surface area contributed by atoms with Gasteiger partial charge in [-0.1, -0.05) is 30.1 Å². The van der Waals surface area contributed by atoms with Gasteiger partial charge in [-0.2, -0.15) is 4.98 Å². The lowest BCUT2D eigenvalue weighted by atomic mass is 10.1. The Hall–Kier alpha value is -2.93. The number of ether oxygens (including phenoxy) is 2. The highest BCUT2D eigenvalue weighted by atomic mass is 16.5. The van der Waals surface area contributed by atoms with Gasteiger partial charge >= 0.3 is 0 Å². The predicted octanol–water partition coefficient (Wildman–Crippen LogP) is 4.78. The fourth-order valence-electron chi connectivity index (χ4n) is 4.22. The Morgan fingerprint density at radius 1 is 1.12 bits per heavy atom. The second kappa shape index (κ2) is 11.8. The van der Waals surface area contributed by atoms with Crippen LogP contribution >= 0.6 is 0 Å². The normalized spacial score (nSPS) is 14.0. The lowest BCUT2D eigenvalue weighted by molar-refractivity contribution is 0.244. The molecule has 2 aromatic heterocycles. The zero-order chi connectivity index (χ0) is 22.9. The first-order chi connectivity index (χ1) is 16.2. The molecule has 0 bridgehead atoms. The van der Waals surface area contributed by atoms with Gasteiger partial charge in [0, 0.05) is 12.6 Å². The van der Waals surface area contributed by atoms with Crippen LogP contribution in [-0.2, 0) is 12.8 Å². The van der Waals surface area contributed by atoms with Crippen LogP contribution in [0.1, 0.15) is 49.1 Å². The lowest BCUT2D eigenvalue weighted by Gasteiger charge is -2.11. The molecule has 3 aromatic rings. The maximum atomic E-state index is 6.03. The van der Waals surface area contributed by atoms with Gasteiger partial charge in [-0.05, 0) is 81.4 Å². The smallest absolute Gasteiger partial charge is 0.263 e. The summed E-state index contributed by atoms with van der Waals surface area (Å²) in [6.07, 6.45) is 9.31. The van der Waals surface area contributed by atoms with E-state index in [1.54, 1.807) is 6.20 Å². The van der Waals surface area contributed by atoms with Crippen molar-refractivity contribution in [2.75, 3.05) is 26.8 Å². The largest absolute Gasteiger partial charge is 0.493 e.